The van der Waals surface area contributed by atoms with Gasteiger partial charge in [-0.05, 0) is 37.6 Å². The number of alkyl halides is 3. The minimum absolute atomic E-state index is 0.125. The molecule has 218 valence electrons. The van der Waals surface area contributed by atoms with Crippen LogP contribution in [-0.2, 0) is 17.5 Å². The molecule has 4 aromatic rings. The molecule has 0 bridgehead atoms. The summed E-state index contributed by atoms with van der Waals surface area (Å²) in [6.07, 6.45) is 0.599. The summed E-state index contributed by atoms with van der Waals surface area (Å²) in [6, 6.07) is 6.10. The van der Waals surface area contributed by atoms with Crippen molar-refractivity contribution in [3.8, 4) is 17.3 Å². The maximum absolute atomic E-state index is 13.7. The maximum Gasteiger partial charge on any atom is 0.435 e. The predicted octanol–water partition coefficient (Wildman–Crippen LogP) is 2.74. The number of amides is 2. The third kappa shape index (κ3) is 5.75. The fraction of sp³-hybridized carbons (Fsp3) is 0.333. The summed E-state index contributed by atoms with van der Waals surface area (Å²) in [4.78, 5) is 35.9. The zero-order chi connectivity index (χ0) is 30.0. The van der Waals surface area contributed by atoms with E-state index in [0.29, 0.717) is 43.0 Å². The van der Waals surface area contributed by atoms with Crippen LogP contribution in [0.25, 0.3) is 16.9 Å². The molecule has 3 aromatic heterocycles. The number of nitrogens with one attached hydrogen (secondary N) is 3. The number of rotatable bonds is 7. The number of anilines is 2. The summed E-state index contributed by atoms with van der Waals surface area (Å²) in [6.45, 7) is 5.67. The van der Waals surface area contributed by atoms with Crippen molar-refractivity contribution < 1.29 is 22.8 Å². The number of nitriles is 1. The van der Waals surface area contributed by atoms with Crippen LogP contribution in [0.1, 0.15) is 28.5 Å². The number of carbonyl (C=O) groups excluding carboxylic acids is 2. The molecule has 4 heterocycles. The molecule has 0 saturated carbocycles. The van der Waals surface area contributed by atoms with Crippen LogP contribution in [0.3, 0.4) is 0 Å². The molecule has 1 atom stereocenters. The predicted molar refractivity (Wildman–Crippen MR) is 146 cm³/mol. The number of nitrogens with zero attached hydrogens (tertiary/aromatic N) is 7. The van der Waals surface area contributed by atoms with E-state index in [1.165, 1.54) is 23.0 Å². The summed E-state index contributed by atoms with van der Waals surface area (Å²) in [5.41, 5.74) is 0.626. The fourth-order valence-corrected chi connectivity index (χ4v) is 4.81. The molecule has 12 nitrogen and oxygen atoms in total. The van der Waals surface area contributed by atoms with Crippen molar-refractivity contribution in [1.82, 2.24) is 39.7 Å². The lowest BCUT2D eigenvalue weighted by Gasteiger charge is -2.30. The molecular formula is C27H27F3N10O2. The van der Waals surface area contributed by atoms with Gasteiger partial charge in [-0.15, -0.1) is 0 Å². The van der Waals surface area contributed by atoms with Crippen LogP contribution in [0.2, 0.25) is 0 Å². The number of hydrogen-bond donors (Lipinski definition) is 3. The average Bonchev–Trinajstić information content (AvgIpc) is 3.58. The van der Waals surface area contributed by atoms with Crippen LogP contribution in [0, 0.1) is 18.3 Å². The first-order valence-corrected chi connectivity index (χ1v) is 13.1. The zero-order valence-corrected chi connectivity index (χ0v) is 22.7. The van der Waals surface area contributed by atoms with Crippen molar-refractivity contribution in [2.24, 2.45) is 0 Å². The molecule has 0 spiro atoms. The van der Waals surface area contributed by atoms with E-state index in [0.717, 1.165) is 10.9 Å². The molecule has 1 fully saturated rings. The molecule has 0 radical (unpaired) electrons. The molecule has 3 N–H and O–H groups in total. The highest BCUT2D eigenvalue weighted by Crippen LogP contribution is 2.37. The molecule has 42 heavy (non-hydrogen) atoms. The molecule has 1 aliphatic heterocycles. The largest absolute Gasteiger partial charge is 0.435 e. The Bertz CT molecular complexity index is 1680. The molecule has 1 unspecified atom stereocenters. The number of aryl methyl sites for hydroxylation is 1. The molecule has 5 rings (SSSR count). The van der Waals surface area contributed by atoms with E-state index in [4.69, 9.17) is 5.26 Å². The SMILES string of the molecule is Cc1cc(Nc2nccn3c(-c4cn(CC#N)nc4C(F)(F)F)cnc23)ccc1C(=O)NC(C)C(=O)N1CCNCC1. The van der Waals surface area contributed by atoms with E-state index in [-0.39, 0.29) is 41.1 Å². The van der Waals surface area contributed by atoms with Crippen molar-refractivity contribution >= 4 is 29.0 Å². The van der Waals surface area contributed by atoms with E-state index in [1.54, 1.807) is 43.0 Å². The maximum atomic E-state index is 13.7. The van der Waals surface area contributed by atoms with Gasteiger partial charge in [0.1, 0.15) is 12.6 Å². The van der Waals surface area contributed by atoms with Crippen LogP contribution < -0.4 is 16.0 Å². The summed E-state index contributed by atoms with van der Waals surface area (Å²) in [5.74, 6) is -0.252. The van der Waals surface area contributed by atoms with Gasteiger partial charge in [-0.3, -0.25) is 18.7 Å². The quantitative estimate of drug-likeness (QED) is 0.303. The number of aromatic nitrogens is 5. The average molecular weight is 581 g/mol. The third-order valence-corrected chi connectivity index (χ3v) is 6.85. The standard InChI is InChI=1S/C27H27F3N10O2/c1-16-13-18(3-4-19(16)25(41)35-17(2)26(42)38-10-6-32-7-11-38)36-23-24-34-14-21(40(24)12-8-33-23)20-15-39(9-5-31)37-22(20)27(28,29)30/h3-4,8,12-15,17,32H,6-7,9-11H2,1-2H3,(H,33,36)(H,35,41). The highest BCUT2D eigenvalue weighted by Gasteiger charge is 2.38. The minimum Gasteiger partial charge on any atom is -0.341 e. The second kappa shape index (κ2) is 11.5. The van der Waals surface area contributed by atoms with E-state index in [2.05, 4.69) is 31.0 Å². The topological polar surface area (TPSA) is 145 Å². The van der Waals surface area contributed by atoms with Crippen molar-refractivity contribution in [3.05, 3.63) is 59.8 Å². The number of halogens is 3. The van der Waals surface area contributed by atoms with Crippen molar-refractivity contribution in [1.29, 1.82) is 5.26 Å². The number of benzene rings is 1. The lowest BCUT2D eigenvalue weighted by atomic mass is 10.1. The number of fused-ring (bicyclic) bond motifs is 1. The van der Waals surface area contributed by atoms with Gasteiger partial charge in [0.25, 0.3) is 5.91 Å². The smallest absolute Gasteiger partial charge is 0.341 e. The Hall–Kier alpha value is -4.97. The van der Waals surface area contributed by atoms with Crippen molar-refractivity contribution in [2.45, 2.75) is 32.6 Å². The Balaban J connectivity index is 1.36. The highest BCUT2D eigenvalue weighted by atomic mass is 19.4. The van der Waals surface area contributed by atoms with Gasteiger partial charge >= 0.3 is 6.18 Å². The Morgan fingerprint density at radius 1 is 1.21 bits per heavy atom. The summed E-state index contributed by atoms with van der Waals surface area (Å²) in [7, 11) is 0. The van der Waals surface area contributed by atoms with E-state index >= 15 is 0 Å². The van der Waals surface area contributed by atoms with Gasteiger partial charge < -0.3 is 20.9 Å². The van der Waals surface area contributed by atoms with Gasteiger partial charge in [0.2, 0.25) is 5.91 Å². The van der Waals surface area contributed by atoms with Crippen LogP contribution in [0.5, 0.6) is 0 Å². The Labute approximate surface area is 238 Å². The monoisotopic (exact) mass is 580 g/mol. The number of imidazole rings is 1. The summed E-state index contributed by atoms with van der Waals surface area (Å²) < 4.78 is 43.5. The van der Waals surface area contributed by atoms with Crippen LogP contribution in [0.4, 0.5) is 24.7 Å². The van der Waals surface area contributed by atoms with E-state index < -0.39 is 17.9 Å². The number of hydrogen-bond acceptors (Lipinski definition) is 8. The van der Waals surface area contributed by atoms with E-state index in [9.17, 15) is 22.8 Å². The summed E-state index contributed by atoms with van der Waals surface area (Å²) in [5, 5.41) is 21.5. The molecule has 1 saturated heterocycles. The number of piperazine rings is 1. The first-order valence-electron chi connectivity index (χ1n) is 13.1. The van der Waals surface area contributed by atoms with Gasteiger partial charge in [0.05, 0.1) is 23.5 Å². The molecule has 2 amide bonds. The minimum atomic E-state index is -4.74. The second-order valence-corrected chi connectivity index (χ2v) is 9.78. The van der Waals surface area contributed by atoms with Crippen LogP contribution in [-0.4, -0.2) is 73.1 Å². The third-order valence-electron chi connectivity index (χ3n) is 6.85. The molecular weight excluding hydrogens is 553 g/mol. The van der Waals surface area contributed by atoms with Crippen LogP contribution >= 0.6 is 0 Å². The Morgan fingerprint density at radius 2 is 1.98 bits per heavy atom. The van der Waals surface area contributed by atoms with Crippen molar-refractivity contribution in [3.63, 3.8) is 0 Å². The second-order valence-electron chi connectivity index (χ2n) is 9.78. The van der Waals surface area contributed by atoms with Gasteiger partial charge in [-0.25, -0.2) is 9.97 Å². The van der Waals surface area contributed by atoms with Crippen molar-refractivity contribution in [2.75, 3.05) is 31.5 Å². The lowest BCUT2D eigenvalue weighted by Crippen LogP contribution is -2.53. The molecule has 1 aromatic carbocycles. The summed E-state index contributed by atoms with van der Waals surface area (Å²) >= 11 is 0. The Kier molecular flexibility index (Phi) is 7.81. The van der Waals surface area contributed by atoms with Gasteiger partial charge in [0, 0.05) is 56.0 Å². The molecule has 15 heteroatoms. The highest BCUT2D eigenvalue weighted by molar-refractivity contribution is 5.99. The molecule has 1 aliphatic rings. The van der Waals surface area contributed by atoms with E-state index in [1.807, 2.05) is 0 Å². The normalized spacial score (nSPS) is 14.4. The number of carbonyl (C=O) groups is 2. The van der Waals surface area contributed by atoms with Gasteiger partial charge in [-0.1, -0.05) is 0 Å². The van der Waals surface area contributed by atoms with Gasteiger partial charge in [-0.2, -0.15) is 23.5 Å². The Morgan fingerprint density at radius 3 is 2.67 bits per heavy atom. The zero-order valence-electron chi connectivity index (χ0n) is 22.7. The molecule has 0 aliphatic carbocycles. The van der Waals surface area contributed by atoms with Gasteiger partial charge in [0.15, 0.2) is 17.2 Å². The first-order chi connectivity index (χ1) is 20.1. The lowest BCUT2D eigenvalue weighted by molar-refractivity contribution is -0.141. The fourth-order valence-electron chi connectivity index (χ4n) is 4.81. The first kappa shape index (κ1) is 28.6. The van der Waals surface area contributed by atoms with Crippen LogP contribution in [0.15, 0.2) is 43.0 Å².